The zero-order chi connectivity index (χ0) is 9.45. The fourth-order valence-electron chi connectivity index (χ4n) is 0.491. The topological polar surface area (TPSA) is 66.8 Å². The highest BCUT2D eigenvalue weighted by Crippen LogP contribution is 2.40. The number of phosphoric acid groups is 1. The second-order valence-corrected chi connectivity index (χ2v) is 4.26. The van der Waals surface area contributed by atoms with Crippen LogP contribution in [0.1, 0.15) is 19.8 Å². The Kier molecular flexibility index (Phi) is 6.80. The van der Waals surface area contributed by atoms with Gasteiger partial charge < -0.3 is 9.79 Å². The molecule has 0 rings (SSSR count). The first-order valence-corrected chi connectivity index (χ1v) is 6.02. The van der Waals surface area contributed by atoms with E-state index in [1.54, 1.807) is 0 Å². The lowest BCUT2D eigenvalue weighted by Gasteiger charge is -1.99. The minimum atomic E-state index is -4.29. The van der Waals surface area contributed by atoms with Crippen molar-refractivity contribution in [1.29, 1.82) is 0 Å². The molecule has 0 amide bonds. The summed E-state index contributed by atoms with van der Waals surface area (Å²) in [6, 6.07) is 0. The van der Waals surface area contributed by atoms with E-state index in [0.717, 1.165) is 24.9 Å². The maximum atomic E-state index is 10.1. The van der Waals surface area contributed by atoms with E-state index >= 15 is 0 Å². The standard InChI is InChI=1S/C6H13O4PS/c1-2-3-4-5-6-12-10-11(7,8)9/h4-5H,2-3,6H2,1H3,(H2,7,8,9). The van der Waals surface area contributed by atoms with Gasteiger partial charge in [0, 0.05) is 17.8 Å². The Morgan fingerprint density at radius 3 is 2.67 bits per heavy atom. The van der Waals surface area contributed by atoms with Gasteiger partial charge in [-0.2, -0.15) is 0 Å². The quantitative estimate of drug-likeness (QED) is 0.305. The molecule has 0 aliphatic rings. The number of hydrogen-bond donors (Lipinski definition) is 2. The Morgan fingerprint density at radius 1 is 1.50 bits per heavy atom. The van der Waals surface area contributed by atoms with Crippen LogP contribution in [-0.4, -0.2) is 15.5 Å². The summed E-state index contributed by atoms with van der Waals surface area (Å²) in [5.41, 5.74) is 0. The minimum Gasteiger partial charge on any atom is -0.302 e. The Balaban J connectivity index is 3.27. The fraction of sp³-hybridized carbons (Fsp3) is 0.667. The van der Waals surface area contributed by atoms with Crippen LogP contribution in [0.15, 0.2) is 12.2 Å². The molecule has 0 spiro atoms. The molecule has 6 heteroatoms. The van der Waals surface area contributed by atoms with Gasteiger partial charge in [-0.3, -0.25) is 0 Å². The summed E-state index contributed by atoms with van der Waals surface area (Å²) in [6.07, 6.45) is 5.83. The smallest absolute Gasteiger partial charge is 0.302 e. The van der Waals surface area contributed by atoms with Crippen molar-refractivity contribution in [3.05, 3.63) is 12.2 Å². The Hall–Kier alpha value is 0.200. The lowest BCUT2D eigenvalue weighted by molar-refractivity contribution is 0.299. The first-order chi connectivity index (χ1) is 5.56. The molecular formula is C6H13O4PS. The molecule has 0 fully saturated rings. The summed E-state index contributed by atoms with van der Waals surface area (Å²) in [5.74, 6) is 0.463. The molecule has 0 radical (unpaired) electrons. The maximum Gasteiger partial charge on any atom is 0.480 e. The zero-order valence-electron chi connectivity index (χ0n) is 6.84. The number of unbranched alkanes of at least 4 members (excludes halogenated alkanes) is 1. The van der Waals surface area contributed by atoms with Gasteiger partial charge >= 0.3 is 7.82 Å². The summed E-state index contributed by atoms with van der Waals surface area (Å²) in [4.78, 5) is 16.5. The van der Waals surface area contributed by atoms with Crippen molar-refractivity contribution in [3.8, 4) is 0 Å². The molecule has 0 aromatic carbocycles. The normalized spacial score (nSPS) is 12.6. The number of allylic oxidation sites excluding steroid dienone is 1. The van der Waals surface area contributed by atoms with Gasteiger partial charge in [-0.25, -0.2) is 8.54 Å². The van der Waals surface area contributed by atoms with Gasteiger partial charge in [0.2, 0.25) is 0 Å². The van der Waals surface area contributed by atoms with Gasteiger partial charge in [0.15, 0.2) is 0 Å². The summed E-state index contributed by atoms with van der Waals surface area (Å²) in [5, 5.41) is 0. The second kappa shape index (κ2) is 6.69. The molecule has 0 aliphatic carbocycles. The van der Waals surface area contributed by atoms with Gasteiger partial charge in [0.1, 0.15) is 0 Å². The third-order valence-corrected chi connectivity index (χ3v) is 2.46. The molecule has 0 unspecified atom stereocenters. The summed E-state index contributed by atoms with van der Waals surface area (Å²) in [6.45, 7) is 2.06. The van der Waals surface area contributed by atoms with Gasteiger partial charge in [-0.15, -0.1) is 0 Å². The van der Waals surface area contributed by atoms with Crippen LogP contribution >= 0.6 is 19.9 Å². The highest BCUT2D eigenvalue weighted by molar-refractivity contribution is 7.98. The van der Waals surface area contributed by atoms with E-state index in [1.165, 1.54) is 0 Å². The van der Waals surface area contributed by atoms with Crippen LogP contribution < -0.4 is 0 Å². The third-order valence-electron chi connectivity index (χ3n) is 0.936. The highest BCUT2D eigenvalue weighted by Gasteiger charge is 2.13. The number of hydrogen-bond acceptors (Lipinski definition) is 3. The Bertz CT molecular complexity index is 176. The van der Waals surface area contributed by atoms with Crippen LogP contribution in [0.2, 0.25) is 0 Å². The van der Waals surface area contributed by atoms with E-state index < -0.39 is 7.82 Å². The molecule has 12 heavy (non-hydrogen) atoms. The molecule has 0 saturated heterocycles. The van der Waals surface area contributed by atoms with Crippen LogP contribution in [0.5, 0.6) is 0 Å². The molecule has 0 saturated carbocycles. The molecule has 0 aliphatic heterocycles. The predicted octanol–water partition coefficient (Wildman–Crippen LogP) is 2.10. The van der Waals surface area contributed by atoms with Gasteiger partial charge in [-0.05, 0) is 6.42 Å². The van der Waals surface area contributed by atoms with Crippen molar-refractivity contribution < 1.29 is 18.3 Å². The SMILES string of the molecule is CCCC=CCSOP(=O)(O)O. The first kappa shape index (κ1) is 12.2. The predicted molar refractivity (Wildman–Crippen MR) is 49.6 cm³/mol. The van der Waals surface area contributed by atoms with E-state index in [4.69, 9.17) is 9.79 Å². The maximum absolute atomic E-state index is 10.1. The molecule has 4 nitrogen and oxygen atoms in total. The summed E-state index contributed by atoms with van der Waals surface area (Å²) >= 11 is 0.761. The van der Waals surface area contributed by atoms with Gasteiger partial charge in [0.05, 0.1) is 0 Å². The molecule has 2 N–H and O–H groups in total. The van der Waals surface area contributed by atoms with E-state index in [1.807, 2.05) is 12.2 Å². The third kappa shape index (κ3) is 10.2. The van der Waals surface area contributed by atoms with E-state index in [-0.39, 0.29) is 0 Å². The molecular weight excluding hydrogens is 199 g/mol. The largest absolute Gasteiger partial charge is 0.480 e. The van der Waals surface area contributed by atoms with Gasteiger partial charge in [0.25, 0.3) is 0 Å². The zero-order valence-corrected chi connectivity index (χ0v) is 8.55. The van der Waals surface area contributed by atoms with Crippen molar-refractivity contribution in [3.63, 3.8) is 0 Å². The average molecular weight is 212 g/mol. The van der Waals surface area contributed by atoms with Crippen molar-refractivity contribution in [2.24, 2.45) is 0 Å². The lowest BCUT2D eigenvalue weighted by atomic mass is 10.3. The molecule has 0 bridgehead atoms. The molecule has 0 heterocycles. The first-order valence-electron chi connectivity index (χ1n) is 3.58. The van der Waals surface area contributed by atoms with Crippen LogP contribution in [0, 0.1) is 0 Å². The minimum absolute atomic E-state index is 0.463. The van der Waals surface area contributed by atoms with E-state index in [0.29, 0.717) is 5.75 Å². The number of rotatable bonds is 6. The fourth-order valence-corrected chi connectivity index (χ4v) is 1.50. The Labute approximate surface area is 76.5 Å². The summed E-state index contributed by atoms with van der Waals surface area (Å²) in [7, 11) is -4.29. The molecule has 0 aromatic heterocycles. The second-order valence-electron chi connectivity index (χ2n) is 2.11. The molecule has 0 aromatic rings. The lowest BCUT2D eigenvalue weighted by Crippen LogP contribution is -1.79. The van der Waals surface area contributed by atoms with Crippen LogP contribution in [0.3, 0.4) is 0 Å². The highest BCUT2D eigenvalue weighted by atomic mass is 32.2. The van der Waals surface area contributed by atoms with Crippen LogP contribution in [-0.2, 0) is 8.54 Å². The van der Waals surface area contributed by atoms with Crippen molar-refractivity contribution in [2.75, 3.05) is 5.75 Å². The van der Waals surface area contributed by atoms with Crippen molar-refractivity contribution in [2.45, 2.75) is 19.8 Å². The van der Waals surface area contributed by atoms with E-state index in [2.05, 4.69) is 10.9 Å². The Morgan fingerprint density at radius 2 is 2.17 bits per heavy atom. The average Bonchev–Trinajstić information content (AvgIpc) is 1.94. The van der Waals surface area contributed by atoms with Crippen LogP contribution in [0.4, 0.5) is 0 Å². The molecule has 72 valence electrons. The molecule has 0 atom stereocenters. The van der Waals surface area contributed by atoms with Crippen LogP contribution in [0.25, 0.3) is 0 Å². The van der Waals surface area contributed by atoms with E-state index in [9.17, 15) is 4.57 Å². The van der Waals surface area contributed by atoms with Crippen molar-refractivity contribution in [1.82, 2.24) is 0 Å². The van der Waals surface area contributed by atoms with Gasteiger partial charge in [-0.1, -0.05) is 25.5 Å². The monoisotopic (exact) mass is 212 g/mol. The summed E-state index contributed by atoms with van der Waals surface area (Å²) < 4.78 is 14.3. The van der Waals surface area contributed by atoms with Crippen molar-refractivity contribution >= 4 is 19.9 Å².